The Morgan fingerprint density at radius 1 is 1.23 bits per heavy atom. The van der Waals surface area contributed by atoms with Crippen molar-refractivity contribution in [2.75, 3.05) is 13.1 Å². The zero-order valence-corrected chi connectivity index (χ0v) is 23.4. The van der Waals surface area contributed by atoms with Crippen molar-refractivity contribution in [3.05, 3.63) is 65.1 Å². The zero-order chi connectivity index (χ0) is 27.8. The summed E-state index contributed by atoms with van der Waals surface area (Å²) in [5.41, 5.74) is 4.79. The molecule has 9 nitrogen and oxygen atoms in total. The van der Waals surface area contributed by atoms with Gasteiger partial charge in [0.25, 0.3) is 11.7 Å². The van der Waals surface area contributed by atoms with Crippen LogP contribution in [0.2, 0.25) is 0 Å². The Balaban J connectivity index is 1.27. The molecule has 1 aromatic carbocycles. The molecule has 1 unspecified atom stereocenters. The van der Waals surface area contributed by atoms with Crippen molar-refractivity contribution in [2.24, 2.45) is 0 Å². The fourth-order valence-corrected chi connectivity index (χ4v) is 5.00. The monoisotopic (exact) mass is 531 g/mol. The van der Waals surface area contributed by atoms with Crippen molar-refractivity contribution in [1.82, 2.24) is 25.3 Å². The first-order valence-electron chi connectivity index (χ1n) is 13.7. The molecule has 1 atom stereocenters. The summed E-state index contributed by atoms with van der Waals surface area (Å²) in [7, 11) is 0. The van der Waals surface area contributed by atoms with Gasteiger partial charge in [-0.15, -0.1) is 0 Å². The van der Waals surface area contributed by atoms with Crippen LogP contribution in [0.5, 0.6) is 0 Å². The lowest BCUT2D eigenvalue weighted by atomic mass is 9.86. The van der Waals surface area contributed by atoms with Crippen molar-refractivity contribution in [2.45, 2.75) is 83.8 Å². The van der Waals surface area contributed by atoms with Crippen LogP contribution in [0.1, 0.15) is 92.5 Å². The number of nitrogens with zero attached hydrogens (tertiary/aromatic N) is 4. The number of pyridine rings is 1. The Kier molecular flexibility index (Phi) is 7.18. The Morgan fingerprint density at radius 2 is 2.03 bits per heavy atom. The van der Waals surface area contributed by atoms with Gasteiger partial charge in [0.15, 0.2) is 0 Å². The molecule has 1 saturated carbocycles. The normalized spacial score (nSPS) is 18.5. The topological polar surface area (TPSA) is 110 Å². The van der Waals surface area contributed by atoms with E-state index in [4.69, 9.17) is 9.26 Å². The van der Waals surface area contributed by atoms with Gasteiger partial charge in [0.1, 0.15) is 5.60 Å². The number of aryl methyl sites for hydroxylation is 1. The van der Waals surface area contributed by atoms with E-state index in [-0.39, 0.29) is 29.2 Å². The van der Waals surface area contributed by atoms with Gasteiger partial charge in [0, 0.05) is 43.4 Å². The molecule has 39 heavy (non-hydrogen) atoms. The van der Waals surface area contributed by atoms with Crippen LogP contribution in [0.3, 0.4) is 0 Å². The van der Waals surface area contributed by atoms with E-state index in [1.165, 1.54) is 0 Å². The quantitative estimate of drug-likeness (QED) is 0.445. The fourth-order valence-electron chi connectivity index (χ4n) is 5.00. The van der Waals surface area contributed by atoms with Crippen LogP contribution in [0.15, 0.2) is 41.2 Å². The van der Waals surface area contributed by atoms with Gasteiger partial charge in [0.05, 0.1) is 0 Å². The van der Waals surface area contributed by atoms with Crippen LogP contribution < -0.4 is 5.32 Å². The number of likely N-dealkylation sites (tertiary alicyclic amines) is 1. The fraction of sp³-hybridized carbons (Fsp3) is 0.500. The number of aromatic nitrogens is 3. The van der Waals surface area contributed by atoms with E-state index in [1.807, 2.05) is 50.9 Å². The summed E-state index contributed by atoms with van der Waals surface area (Å²) < 4.78 is 10.9. The molecule has 0 spiro atoms. The van der Waals surface area contributed by atoms with E-state index in [2.05, 4.69) is 39.5 Å². The number of rotatable bonds is 6. The minimum atomic E-state index is -0.522. The Labute approximate surface area is 229 Å². The number of ether oxygens (including phenoxy) is 1. The maximum absolute atomic E-state index is 12.7. The highest BCUT2D eigenvalue weighted by atomic mass is 16.6. The highest BCUT2D eigenvalue weighted by Crippen LogP contribution is 2.46. The van der Waals surface area contributed by atoms with Crippen molar-refractivity contribution in [1.29, 1.82) is 0 Å². The highest BCUT2D eigenvalue weighted by Gasteiger charge is 2.45. The number of hydrogen-bond acceptors (Lipinski definition) is 7. The third-order valence-electron chi connectivity index (χ3n) is 7.60. The predicted molar refractivity (Wildman–Crippen MR) is 146 cm³/mol. The first kappa shape index (κ1) is 26.8. The smallest absolute Gasteiger partial charge is 0.410 e. The second-order valence-corrected chi connectivity index (χ2v) is 12.0. The van der Waals surface area contributed by atoms with Crippen LogP contribution in [-0.4, -0.2) is 50.7 Å². The lowest BCUT2D eigenvalue weighted by Crippen LogP contribution is -2.42. The third kappa shape index (κ3) is 6.13. The highest BCUT2D eigenvalue weighted by molar-refractivity contribution is 5.90. The first-order chi connectivity index (χ1) is 18.5. The molecule has 1 N–H and O–H groups in total. The summed E-state index contributed by atoms with van der Waals surface area (Å²) >= 11 is 0. The Hall–Kier alpha value is -3.75. The molecule has 206 valence electrons. The molecule has 3 heterocycles. The molecule has 1 aliphatic heterocycles. The molecular weight excluding hydrogens is 494 g/mol. The molecule has 2 aromatic heterocycles. The number of hydrogen-bond donors (Lipinski definition) is 1. The first-order valence-corrected chi connectivity index (χ1v) is 13.7. The second kappa shape index (κ2) is 10.4. The van der Waals surface area contributed by atoms with Gasteiger partial charge in [-0.2, -0.15) is 4.98 Å². The lowest BCUT2D eigenvalue weighted by molar-refractivity contribution is 0.0198. The molecule has 9 heteroatoms. The van der Waals surface area contributed by atoms with Crippen molar-refractivity contribution < 1.29 is 18.8 Å². The molecule has 2 aliphatic rings. The summed E-state index contributed by atoms with van der Waals surface area (Å²) in [6, 6.07) is 8.28. The van der Waals surface area contributed by atoms with E-state index in [1.54, 1.807) is 6.20 Å². The van der Waals surface area contributed by atoms with Crippen molar-refractivity contribution in [3.63, 3.8) is 0 Å². The number of carbonyl (C=O) groups is 2. The Bertz CT molecular complexity index is 1370. The SMILES string of the molecule is Cc1cc(-c2ccncc2C2CCCN(C(=O)OC(C)(C)C)C2)ccc1CNC(=O)c1noc(C2(C)CC2)n1. The summed E-state index contributed by atoms with van der Waals surface area (Å²) in [4.78, 5) is 35.8. The summed E-state index contributed by atoms with van der Waals surface area (Å²) in [5.74, 6) is 0.434. The van der Waals surface area contributed by atoms with Gasteiger partial charge in [-0.3, -0.25) is 9.78 Å². The number of nitrogens with one attached hydrogen (secondary N) is 1. The zero-order valence-electron chi connectivity index (χ0n) is 23.4. The second-order valence-electron chi connectivity index (χ2n) is 12.0. The van der Waals surface area contributed by atoms with E-state index in [0.717, 1.165) is 53.5 Å². The molecule has 1 aliphatic carbocycles. The van der Waals surface area contributed by atoms with Crippen LogP contribution in [0, 0.1) is 6.92 Å². The summed E-state index contributed by atoms with van der Waals surface area (Å²) in [6.07, 6.45) is 7.36. The number of carbonyl (C=O) groups excluding carboxylic acids is 2. The van der Waals surface area contributed by atoms with Crippen molar-refractivity contribution >= 4 is 12.0 Å². The van der Waals surface area contributed by atoms with Gasteiger partial charge < -0.3 is 19.5 Å². The van der Waals surface area contributed by atoms with E-state index >= 15 is 0 Å². The molecule has 5 rings (SSSR count). The average molecular weight is 532 g/mol. The largest absolute Gasteiger partial charge is 0.444 e. The van der Waals surface area contributed by atoms with Gasteiger partial charge in [-0.25, -0.2) is 4.79 Å². The van der Waals surface area contributed by atoms with Gasteiger partial charge in [0.2, 0.25) is 5.89 Å². The standard InChI is InChI=1S/C30H37N5O4/c1-19-15-20(8-9-21(19)16-32-26(36)25-33-27(39-34-25)30(5)11-12-30)23-10-13-31-17-24(23)22-7-6-14-35(18-22)28(37)38-29(2,3)4/h8-10,13,15,17,22H,6-7,11-12,14,16,18H2,1-5H3,(H,32,36). The predicted octanol–water partition coefficient (Wildman–Crippen LogP) is 5.54. The Morgan fingerprint density at radius 3 is 2.74 bits per heavy atom. The lowest BCUT2D eigenvalue weighted by Gasteiger charge is -2.34. The number of amides is 2. The van der Waals surface area contributed by atoms with Crippen LogP contribution in [-0.2, 0) is 16.7 Å². The molecule has 2 amide bonds. The molecular formula is C30H37N5O4. The van der Waals surface area contributed by atoms with E-state index in [0.29, 0.717) is 25.5 Å². The molecule has 3 aromatic rings. The maximum Gasteiger partial charge on any atom is 0.410 e. The van der Waals surface area contributed by atoms with E-state index in [9.17, 15) is 9.59 Å². The van der Waals surface area contributed by atoms with Gasteiger partial charge in [-0.05, 0) is 87.3 Å². The summed E-state index contributed by atoms with van der Waals surface area (Å²) in [5, 5.41) is 6.77. The number of piperidine rings is 1. The molecule has 0 radical (unpaired) electrons. The molecule has 2 fully saturated rings. The molecule has 0 bridgehead atoms. The van der Waals surface area contributed by atoms with E-state index < -0.39 is 5.60 Å². The van der Waals surface area contributed by atoms with Crippen LogP contribution in [0.4, 0.5) is 4.79 Å². The van der Waals surface area contributed by atoms with Gasteiger partial charge in [-0.1, -0.05) is 30.3 Å². The third-order valence-corrected chi connectivity index (χ3v) is 7.60. The van der Waals surface area contributed by atoms with Crippen molar-refractivity contribution in [3.8, 4) is 11.1 Å². The minimum Gasteiger partial charge on any atom is -0.444 e. The summed E-state index contributed by atoms with van der Waals surface area (Å²) in [6.45, 7) is 11.4. The molecule has 1 saturated heterocycles. The van der Waals surface area contributed by atoms with Gasteiger partial charge >= 0.3 is 6.09 Å². The van der Waals surface area contributed by atoms with Crippen LogP contribution >= 0.6 is 0 Å². The maximum atomic E-state index is 12.7. The minimum absolute atomic E-state index is 0.0710. The number of benzene rings is 1. The average Bonchev–Trinajstić information content (AvgIpc) is 3.44. The van der Waals surface area contributed by atoms with Crippen LogP contribution in [0.25, 0.3) is 11.1 Å².